The van der Waals surface area contributed by atoms with E-state index in [0.29, 0.717) is 0 Å². The average Bonchev–Trinajstić information content (AvgIpc) is 3.68. The highest BCUT2D eigenvalue weighted by Crippen LogP contribution is 2.26. The molecule has 5 rings (SSSR count). The molecular formula is C40H102. The lowest BCUT2D eigenvalue weighted by Gasteiger charge is -2.05. The predicted octanol–water partition coefficient (Wildman–Crippen LogP) is 18.2. The van der Waals surface area contributed by atoms with Crippen LogP contribution in [-0.4, -0.2) is 0 Å². The maximum absolute atomic E-state index is 2.28. The van der Waals surface area contributed by atoms with Gasteiger partial charge in [-0.15, -0.1) is 0 Å². The zero-order valence-electron chi connectivity index (χ0n) is 32.3. The molecule has 0 aromatic rings. The summed E-state index contributed by atoms with van der Waals surface area (Å²) in [6.07, 6.45) is 27.0. The molecule has 0 nitrogen and oxygen atoms in total. The van der Waals surface area contributed by atoms with E-state index in [1.165, 1.54) is 116 Å². The number of rotatable bonds is 0. The van der Waals surface area contributed by atoms with Crippen LogP contribution in [0.3, 0.4) is 0 Å². The summed E-state index contributed by atoms with van der Waals surface area (Å²) >= 11 is 0. The monoisotopic (exact) mass is 583 g/mol. The molecular weight excluding hydrogens is 480 g/mol. The standard InChI is InChI=1S/5C4H8.9C2H6.2CH4/c1-4-2-3-4;4*1-2-4-3-1;9*1-2;;/h4H,2-3H2,1H3;4*1-4H2;9*1-2H3;2*1H4. The van der Waals surface area contributed by atoms with Gasteiger partial charge < -0.3 is 0 Å². The van der Waals surface area contributed by atoms with Crippen molar-refractivity contribution < 1.29 is 0 Å². The summed E-state index contributed by atoms with van der Waals surface area (Å²) in [5, 5.41) is 0. The Morgan fingerprint density at radius 3 is 0.275 bits per heavy atom. The lowest BCUT2D eigenvalue weighted by Crippen LogP contribution is -1.85. The second kappa shape index (κ2) is 128. The summed E-state index contributed by atoms with van der Waals surface area (Å²) in [4.78, 5) is 0. The van der Waals surface area contributed by atoms with Gasteiger partial charge in [0, 0.05) is 0 Å². The van der Waals surface area contributed by atoms with Crippen molar-refractivity contribution in [3.05, 3.63) is 0 Å². The van der Waals surface area contributed by atoms with Gasteiger partial charge in [0.25, 0.3) is 0 Å². The van der Waals surface area contributed by atoms with Crippen LogP contribution in [0.25, 0.3) is 0 Å². The largest absolute Gasteiger partial charge is 0.0776 e. The maximum atomic E-state index is 2.28. The van der Waals surface area contributed by atoms with Gasteiger partial charge in [0.1, 0.15) is 0 Å². The molecule has 0 heteroatoms. The van der Waals surface area contributed by atoms with Crippen molar-refractivity contribution in [2.45, 2.75) is 262 Å². The van der Waals surface area contributed by atoms with Gasteiger partial charge >= 0.3 is 0 Å². The fourth-order valence-electron chi connectivity index (χ4n) is 1.17. The first kappa shape index (κ1) is 72.3. The van der Waals surface area contributed by atoms with Gasteiger partial charge in [-0.2, -0.15) is 0 Å². The van der Waals surface area contributed by atoms with Crippen LogP contribution in [0.15, 0.2) is 0 Å². The van der Waals surface area contributed by atoms with Crippen LogP contribution in [0, 0.1) is 5.92 Å². The molecule has 5 saturated carbocycles. The lowest BCUT2D eigenvalue weighted by atomic mass is 10.0. The highest BCUT2D eigenvalue weighted by molar-refractivity contribution is 4.65. The van der Waals surface area contributed by atoms with E-state index in [9.17, 15) is 0 Å². The van der Waals surface area contributed by atoms with Crippen LogP contribution in [0.1, 0.15) is 262 Å². The van der Waals surface area contributed by atoms with E-state index in [2.05, 4.69) is 6.92 Å². The fourth-order valence-corrected chi connectivity index (χ4v) is 1.17. The zero-order valence-corrected chi connectivity index (χ0v) is 32.3. The first-order valence-corrected chi connectivity index (χ1v) is 18.9. The van der Waals surface area contributed by atoms with Crippen molar-refractivity contribution in [1.29, 1.82) is 0 Å². The quantitative estimate of drug-likeness (QED) is 0.266. The average molecular weight is 583 g/mol. The van der Waals surface area contributed by atoms with Crippen molar-refractivity contribution in [2.24, 2.45) is 5.92 Å². The first-order valence-electron chi connectivity index (χ1n) is 18.9. The smallest absolute Gasteiger partial charge is 0.0443 e. The normalized spacial score (nSPS) is 13.6. The molecule has 0 aliphatic heterocycles. The molecule has 0 aromatic carbocycles. The Kier molecular flexibility index (Phi) is 231. The highest BCUT2D eigenvalue weighted by Gasteiger charge is 2.12. The Balaban J connectivity index is -0.0000000255. The summed E-state index contributed by atoms with van der Waals surface area (Å²) in [5.74, 6) is 1.08. The van der Waals surface area contributed by atoms with Crippen molar-refractivity contribution in [2.75, 3.05) is 0 Å². The van der Waals surface area contributed by atoms with Gasteiger partial charge in [0.05, 0.1) is 0 Å². The topological polar surface area (TPSA) is 0 Å². The van der Waals surface area contributed by atoms with Crippen molar-refractivity contribution in [3.63, 3.8) is 0 Å². The Morgan fingerprint density at radius 1 is 0.225 bits per heavy atom. The van der Waals surface area contributed by atoms with E-state index in [0.717, 1.165) is 5.92 Å². The maximum Gasteiger partial charge on any atom is -0.0443 e. The molecule has 0 spiro atoms. The summed E-state index contributed by atoms with van der Waals surface area (Å²) in [5.41, 5.74) is 0. The van der Waals surface area contributed by atoms with E-state index in [-0.39, 0.29) is 14.9 Å². The summed E-state index contributed by atoms with van der Waals surface area (Å²) in [6.45, 7) is 38.3. The van der Waals surface area contributed by atoms with Crippen LogP contribution in [0.5, 0.6) is 0 Å². The fraction of sp³-hybridized carbons (Fsp3) is 1.00. The third-order valence-electron chi connectivity index (χ3n) is 4.87. The van der Waals surface area contributed by atoms with E-state index >= 15 is 0 Å². The van der Waals surface area contributed by atoms with E-state index in [4.69, 9.17) is 0 Å². The predicted molar refractivity (Wildman–Crippen MR) is 208 cm³/mol. The van der Waals surface area contributed by atoms with E-state index < -0.39 is 0 Å². The second-order valence-corrected chi connectivity index (χ2v) is 7.34. The van der Waals surface area contributed by atoms with Gasteiger partial charge in [-0.3, -0.25) is 0 Å². The van der Waals surface area contributed by atoms with Crippen LogP contribution in [0.4, 0.5) is 0 Å². The zero-order chi connectivity index (χ0) is 32.3. The summed E-state index contributed by atoms with van der Waals surface area (Å²) in [6, 6.07) is 0. The van der Waals surface area contributed by atoms with Gasteiger partial charge in [-0.25, -0.2) is 0 Å². The van der Waals surface area contributed by atoms with E-state index in [1.807, 2.05) is 125 Å². The molecule has 0 radical (unpaired) electrons. The molecule has 40 heavy (non-hydrogen) atoms. The minimum absolute atomic E-state index is 0. The van der Waals surface area contributed by atoms with Gasteiger partial charge in [0.15, 0.2) is 0 Å². The Morgan fingerprint density at radius 2 is 0.275 bits per heavy atom. The highest BCUT2D eigenvalue weighted by atomic mass is 14.2. The van der Waals surface area contributed by atoms with Crippen LogP contribution in [0.2, 0.25) is 0 Å². The van der Waals surface area contributed by atoms with E-state index in [1.54, 1.807) is 0 Å². The molecule has 0 unspecified atom stereocenters. The number of hydrogen-bond donors (Lipinski definition) is 0. The Bertz CT molecular complexity index is 116. The first-order chi connectivity index (χ1) is 18.9. The van der Waals surface area contributed by atoms with Crippen molar-refractivity contribution in [1.82, 2.24) is 0 Å². The van der Waals surface area contributed by atoms with Crippen LogP contribution < -0.4 is 0 Å². The van der Waals surface area contributed by atoms with Gasteiger partial charge in [-0.1, -0.05) is 262 Å². The molecule has 0 atom stereocenters. The second-order valence-electron chi connectivity index (χ2n) is 7.34. The lowest BCUT2D eigenvalue weighted by molar-refractivity contribution is 0.504. The third-order valence-corrected chi connectivity index (χ3v) is 4.87. The molecule has 0 aromatic heterocycles. The summed E-state index contributed by atoms with van der Waals surface area (Å²) < 4.78 is 0. The van der Waals surface area contributed by atoms with Crippen LogP contribution >= 0.6 is 0 Å². The SMILES string of the molecule is C.C.C1CCC1.C1CCC1.C1CCC1.C1CCC1.CC.CC.CC.CC.CC.CC.CC.CC.CC.CC1CC1. The Labute approximate surface area is 267 Å². The molecule has 5 fully saturated rings. The molecule has 0 saturated heterocycles. The molecule has 0 heterocycles. The number of hydrogen-bond acceptors (Lipinski definition) is 0. The van der Waals surface area contributed by atoms with Crippen molar-refractivity contribution >= 4 is 0 Å². The molecule has 262 valence electrons. The minimum atomic E-state index is 0. The Hall–Kier alpha value is 0. The molecule has 0 bridgehead atoms. The van der Waals surface area contributed by atoms with Gasteiger partial charge in [0.2, 0.25) is 0 Å². The minimum Gasteiger partial charge on any atom is -0.0776 e. The summed E-state index contributed by atoms with van der Waals surface area (Å²) in [7, 11) is 0. The third kappa shape index (κ3) is 144. The molecule has 5 aliphatic carbocycles. The van der Waals surface area contributed by atoms with Crippen molar-refractivity contribution in [3.8, 4) is 0 Å². The molecule has 5 aliphatic rings. The molecule has 0 N–H and O–H groups in total. The van der Waals surface area contributed by atoms with Gasteiger partial charge in [-0.05, 0) is 5.92 Å². The van der Waals surface area contributed by atoms with Crippen LogP contribution in [-0.2, 0) is 0 Å². The molecule has 0 amide bonds.